The van der Waals surface area contributed by atoms with Crippen molar-refractivity contribution in [1.29, 1.82) is 0 Å². The number of aromatic nitrogens is 2. The number of nitrogens with one attached hydrogen (secondary N) is 2. The summed E-state index contributed by atoms with van der Waals surface area (Å²) in [6, 6.07) is 4.61. The summed E-state index contributed by atoms with van der Waals surface area (Å²) in [7, 11) is 3.39. The monoisotopic (exact) mass is 294 g/mol. The van der Waals surface area contributed by atoms with Crippen molar-refractivity contribution >= 4 is 5.91 Å². The zero-order valence-electron chi connectivity index (χ0n) is 11.7. The first-order valence-electron chi connectivity index (χ1n) is 6.38. The molecule has 0 aliphatic rings. The normalized spacial score (nSPS) is 12.4. The third kappa shape index (κ3) is 3.43. The minimum Gasteiger partial charge on any atom is -0.349 e. The van der Waals surface area contributed by atoms with Crippen LogP contribution < -0.4 is 5.32 Å². The van der Waals surface area contributed by atoms with Gasteiger partial charge in [-0.15, -0.1) is 0 Å². The number of nitrogens with zero attached hydrogens (tertiary/aromatic N) is 2. The highest BCUT2D eigenvalue weighted by Gasteiger charge is 2.23. The Morgan fingerprint density at radius 3 is 2.52 bits per heavy atom. The van der Waals surface area contributed by atoms with Crippen LogP contribution in [0.25, 0.3) is 0 Å². The number of benzene rings is 1. The first-order chi connectivity index (χ1) is 10.0. The second-order valence-corrected chi connectivity index (χ2v) is 4.80. The highest BCUT2D eigenvalue weighted by atomic mass is 19.1. The van der Waals surface area contributed by atoms with Crippen LogP contribution in [0.3, 0.4) is 0 Å². The summed E-state index contributed by atoms with van der Waals surface area (Å²) in [4.78, 5) is 13.5. The lowest BCUT2D eigenvalue weighted by Gasteiger charge is -2.25. The summed E-state index contributed by atoms with van der Waals surface area (Å²) < 4.78 is 27.7. The van der Waals surface area contributed by atoms with E-state index in [1.54, 1.807) is 19.0 Å². The molecule has 0 saturated carbocycles. The number of rotatable bonds is 5. The molecular weight excluding hydrogens is 278 g/mol. The largest absolute Gasteiger partial charge is 0.349 e. The molecule has 0 radical (unpaired) electrons. The van der Waals surface area contributed by atoms with Gasteiger partial charge in [-0.1, -0.05) is 6.07 Å². The fourth-order valence-corrected chi connectivity index (χ4v) is 2.04. The van der Waals surface area contributed by atoms with E-state index in [4.69, 9.17) is 0 Å². The van der Waals surface area contributed by atoms with Crippen molar-refractivity contribution in [2.24, 2.45) is 0 Å². The summed E-state index contributed by atoms with van der Waals surface area (Å²) >= 11 is 0. The molecule has 0 bridgehead atoms. The topological polar surface area (TPSA) is 61.0 Å². The Labute approximate surface area is 121 Å². The van der Waals surface area contributed by atoms with Gasteiger partial charge in [-0.25, -0.2) is 8.78 Å². The van der Waals surface area contributed by atoms with Crippen LogP contribution in [0.4, 0.5) is 8.78 Å². The van der Waals surface area contributed by atoms with Crippen LogP contribution in [-0.4, -0.2) is 41.6 Å². The molecule has 2 aromatic rings. The zero-order chi connectivity index (χ0) is 15.4. The van der Waals surface area contributed by atoms with Crippen LogP contribution in [0.1, 0.15) is 22.1 Å². The number of H-pyrrole nitrogens is 1. The average Bonchev–Trinajstić information content (AvgIpc) is 2.95. The van der Waals surface area contributed by atoms with Crippen molar-refractivity contribution in [2.45, 2.75) is 6.04 Å². The van der Waals surface area contributed by atoms with Crippen LogP contribution in [0.2, 0.25) is 0 Å². The maximum absolute atomic E-state index is 13.9. The van der Waals surface area contributed by atoms with Gasteiger partial charge >= 0.3 is 0 Å². The number of hydrogen-bond donors (Lipinski definition) is 2. The average molecular weight is 294 g/mol. The van der Waals surface area contributed by atoms with E-state index in [2.05, 4.69) is 15.5 Å². The zero-order valence-corrected chi connectivity index (χ0v) is 11.7. The van der Waals surface area contributed by atoms with E-state index in [9.17, 15) is 13.6 Å². The Bertz CT molecular complexity index is 593. The summed E-state index contributed by atoms with van der Waals surface area (Å²) in [6.45, 7) is 0.0721. The predicted octanol–water partition coefficient (Wildman–Crippen LogP) is 1.72. The lowest BCUT2D eigenvalue weighted by atomic mass is 10.0. The summed E-state index contributed by atoms with van der Waals surface area (Å²) in [6.07, 6.45) is 1.45. The maximum atomic E-state index is 13.9. The highest BCUT2D eigenvalue weighted by Crippen LogP contribution is 2.23. The second-order valence-electron chi connectivity index (χ2n) is 4.80. The Kier molecular flexibility index (Phi) is 4.64. The minimum atomic E-state index is -0.635. The molecule has 112 valence electrons. The molecule has 0 unspecified atom stereocenters. The number of likely N-dealkylation sites (N-methyl/N-ethyl adjacent to an activating group) is 1. The Morgan fingerprint density at radius 2 is 2.00 bits per heavy atom. The summed E-state index contributed by atoms with van der Waals surface area (Å²) in [5.74, 6) is -1.65. The van der Waals surface area contributed by atoms with Gasteiger partial charge in [-0.05, 0) is 32.3 Å². The summed E-state index contributed by atoms with van der Waals surface area (Å²) in [5.41, 5.74) is 0.230. The molecule has 5 nitrogen and oxygen atoms in total. The van der Waals surface area contributed by atoms with Gasteiger partial charge < -0.3 is 10.2 Å². The number of halogens is 2. The van der Waals surface area contributed by atoms with E-state index < -0.39 is 17.7 Å². The molecule has 0 spiro atoms. The molecular formula is C14H16F2N4O. The summed E-state index contributed by atoms with van der Waals surface area (Å²) in [5, 5.41) is 8.84. The van der Waals surface area contributed by atoms with Gasteiger partial charge in [0.25, 0.3) is 5.91 Å². The Hall–Kier alpha value is -2.28. The molecule has 1 atom stereocenters. The lowest BCUT2D eigenvalue weighted by Crippen LogP contribution is -2.35. The molecule has 0 fully saturated rings. The second kappa shape index (κ2) is 6.45. The molecule has 0 aliphatic carbocycles. The first kappa shape index (κ1) is 15.1. The number of aromatic amines is 1. The Morgan fingerprint density at radius 1 is 1.33 bits per heavy atom. The van der Waals surface area contributed by atoms with Crippen LogP contribution >= 0.6 is 0 Å². The first-order valence-corrected chi connectivity index (χ1v) is 6.38. The Balaban J connectivity index is 2.15. The fraction of sp³-hybridized carbons (Fsp3) is 0.286. The van der Waals surface area contributed by atoms with Crippen molar-refractivity contribution in [2.75, 3.05) is 20.6 Å². The molecule has 2 rings (SSSR count). The van der Waals surface area contributed by atoms with Gasteiger partial charge in [0.05, 0.1) is 6.04 Å². The van der Waals surface area contributed by atoms with Gasteiger partial charge in [0.1, 0.15) is 17.3 Å². The van der Waals surface area contributed by atoms with Crippen molar-refractivity contribution in [3.05, 3.63) is 53.4 Å². The molecule has 1 aromatic carbocycles. The van der Waals surface area contributed by atoms with Crippen molar-refractivity contribution in [3.63, 3.8) is 0 Å². The minimum absolute atomic E-state index is 0.0626. The molecule has 0 aliphatic heterocycles. The fourth-order valence-electron chi connectivity index (χ4n) is 2.04. The van der Waals surface area contributed by atoms with Crippen molar-refractivity contribution < 1.29 is 13.6 Å². The van der Waals surface area contributed by atoms with Gasteiger partial charge in [0.2, 0.25) is 0 Å². The van der Waals surface area contributed by atoms with Gasteiger partial charge in [0, 0.05) is 18.3 Å². The van der Waals surface area contributed by atoms with Gasteiger partial charge in [-0.3, -0.25) is 9.89 Å². The lowest BCUT2D eigenvalue weighted by molar-refractivity contribution is 0.0935. The van der Waals surface area contributed by atoms with E-state index in [0.29, 0.717) is 5.69 Å². The predicted molar refractivity (Wildman–Crippen MR) is 73.7 cm³/mol. The van der Waals surface area contributed by atoms with E-state index in [-0.39, 0.29) is 18.0 Å². The van der Waals surface area contributed by atoms with Crippen molar-refractivity contribution in [1.82, 2.24) is 20.4 Å². The number of hydrogen-bond acceptors (Lipinski definition) is 3. The van der Waals surface area contributed by atoms with Crippen LogP contribution in [0, 0.1) is 11.6 Å². The number of carbonyl (C=O) groups is 1. The van der Waals surface area contributed by atoms with Crippen LogP contribution in [-0.2, 0) is 0 Å². The molecule has 21 heavy (non-hydrogen) atoms. The SMILES string of the molecule is CN(C)[C@H](CNC(=O)c1ccn[nH]1)c1c(F)cccc1F. The van der Waals surface area contributed by atoms with Crippen LogP contribution in [0.5, 0.6) is 0 Å². The number of carbonyl (C=O) groups excluding carboxylic acids is 1. The molecule has 1 heterocycles. The molecule has 2 N–H and O–H groups in total. The van der Waals surface area contributed by atoms with E-state index in [1.807, 2.05) is 0 Å². The quantitative estimate of drug-likeness (QED) is 0.882. The standard InChI is InChI=1S/C14H16F2N4O/c1-20(2)12(13-9(15)4-3-5-10(13)16)8-17-14(21)11-6-7-18-19-11/h3-7,12H,8H2,1-2H3,(H,17,21)(H,18,19)/t12-/m1/s1. The van der Waals surface area contributed by atoms with Crippen molar-refractivity contribution in [3.8, 4) is 0 Å². The van der Waals surface area contributed by atoms with Gasteiger partial charge in [-0.2, -0.15) is 5.10 Å². The van der Waals surface area contributed by atoms with Gasteiger partial charge in [0.15, 0.2) is 0 Å². The maximum Gasteiger partial charge on any atom is 0.269 e. The number of amides is 1. The third-order valence-corrected chi connectivity index (χ3v) is 3.16. The highest BCUT2D eigenvalue weighted by molar-refractivity contribution is 5.92. The third-order valence-electron chi connectivity index (χ3n) is 3.16. The van der Waals surface area contributed by atoms with E-state index >= 15 is 0 Å². The van der Waals surface area contributed by atoms with E-state index in [0.717, 1.165) is 0 Å². The molecule has 0 saturated heterocycles. The smallest absolute Gasteiger partial charge is 0.269 e. The molecule has 7 heteroatoms. The molecule has 1 aromatic heterocycles. The van der Waals surface area contributed by atoms with E-state index in [1.165, 1.54) is 30.5 Å². The van der Waals surface area contributed by atoms with Crippen LogP contribution in [0.15, 0.2) is 30.5 Å². The molecule has 1 amide bonds.